The van der Waals surface area contributed by atoms with Gasteiger partial charge < -0.3 is 9.47 Å². The number of hydrogen-bond donors (Lipinski definition) is 0. The van der Waals surface area contributed by atoms with E-state index in [0.29, 0.717) is 16.3 Å². The van der Waals surface area contributed by atoms with Crippen LogP contribution in [0, 0.1) is 0 Å². The number of Topliss-reactive ketones (excluding diaryl/α,β-unsaturated/α-hetero) is 1. The van der Waals surface area contributed by atoms with Crippen LogP contribution in [-0.4, -0.2) is 31.7 Å². The van der Waals surface area contributed by atoms with Gasteiger partial charge >= 0.3 is 5.97 Å². The van der Waals surface area contributed by atoms with Gasteiger partial charge in [0.25, 0.3) is 0 Å². The Kier molecular flexibility index (Phi) is 6.54. The van der Waals surface area contributed by atoms with Crippen LogP contribution >= 0.6 is 35.0 Å². The predicted octanol–water partition coefficient (Wildman–Crippen LogP) is 4.76. The van der Waals surface area contributed by atoms with Crippen LogP contribution in [0.4, 0.5) is 0 Å². The summed E-state index contributed by atoms with van der Waals surface area (Å²) in [7, 11) is 1.48. The number of halogens is 2. The quantitative estimate of drug-likeness (QED) is 0.408. The first kappa shape index (κ1) is 18.6. The molecule has 126 valence electrons. The maximum Gasteiger partial charge on any atom is 0.340 e. The van der Waals surface area contributed by atoms with Crippen molar-refractivity contribution in [3.8, 4) is 5.75 Å². The third kappa shape index (κ3) is 4.44. The van der Waals surface area contributed by atoms with Crippen molar-refractivity contribution >= 4 is 46.7 Å². The average molecular weight is 385 g/mol. The minimum Gasteiger partial charge on any atom is -0.495 e. The number of carbonyl (C=O) groups excluding carboxylic acids is 2. The molecule has 0 saturated carbocycles. The van der Waals surface area contributed by atoms with Crippen LogP contribution in [0.3, 0.4) is 0 Å². The standard InChI is InChI=1S/C17H14Cl2O4S/c1-22-16-6-3-10(7-14(16)19)15(20)9-23-17(21)12-8-11(24-2)4-5-13(12)18/h3-8H,9H2,1-2H3. The summed E-state index contributed by atoms with van der Waals surface area (Å²) in [5.41, 5.74) is 0.557. The monoisotopic (exact) mass is 384 g/mol. The summed E-state index contributed by atoms with van der Waals surface area (Å²) in [6, 6.07) is 9.66. The van der Waals surface area contributed by atoms with E-state index in [1.54, 1.807) is 30.3 Å². The molecule has 0 radical (unpaired) electrons. The smallest absolute Gasteiger partial charge is 0.340 e. The highest BCUT2D eigenvalue weighted by atomic mass is 35.5. The van der Waals surface area contributed by atoms with E-state index in [0.717, 1.165) is 4.90 Å². The van der Waals surface area contributed by atoms with Crippen molar-refractivity contribution in [2.24, 2.45) is 0 Å². The summed E-state index contributed by atoms with van der Waals surface area (Å²) in [5.74, 6) is -0.556. The van der Waals surface area contributed by atoms with Crippen LogP contribution in [0.15, 0.2) is 41.3 Å². The van der Waals surface area contributed by atoms with Crippen molar-refractivity contribution in [2.75, 3.05) is 20.0 Å². The fourth-order valence-electron chi connectivity index (χ4n) is 1.92. The Hall–Kier alpha value is -1.69. The van der Waals surface area contributed by atoms with Gasteiger partial charge in [-0.3, -0.25) is 4.79 Å². The van der Waals surface area contributed by atoms with Crippen LogP contribution in [0.5, 0.6) is 5.75 Å². The number of ketones is 1. The second-order valence-corrected chi connectivity index (χ2v) is 6.39. The molecule has 2 aromatic carbocycles. The van der Waals surface area contributed by atoms with E-state index in [1.165, 1.54) is 24.9 Å². The first-order valence-corrected chi connectivity index (χ1v) is 8.81. The molecule has 0 fully saturated rings. The van der Waals surface area contributed by atoms with Gasteiger partial charge in [0.05, 0.1) is 22.7 Å². The second kappa shape index (κ2) is 8.42. The van der Waals surface area contributed by atoms with Crippen LogP contribution < -0.4 is 4.74 Å². The molecule has 0 amide bonds. The molecule has 0 aliphatic heterocycles. The van der Waals surface area contributed by atoms with Crippen LogP contribution in [0.25, 0.3) is 0 Å². The van der Waals surface area contributed by atoms with E-state index in [4.69, 9.17) is 32.7 Å². The average Bonchev–Trinajstić information content (AvgIpc) is 2.59. The van der Waals surface area contributed by atoms with Gasteiger partial charge in [-0.1, -0.05) is 23.2 Å². The van der Waals surface area contributed by atoms with Crippen molar-refractivity contribution in [3.05, 3.63) is 57.6 Å². The molecule has 0 aliphatic rings. The van der Waals surface area contributed by atoms with E-state index in [2.05, 4.69) is 0 Å². The highest BCUT2D eigenvalue weighted by Crippen LogP contribution is 2.26. The number of carbonyl (C=O) groups is 2. The lowest BCUT2D eigenvalue weighted by Crippen LogP contribution is -2.14. The number of rotatable bonds is 6. The SMILES string of the molecule is COc1ccc(C(=O)COC(=O)c2cc(SC)ccc2Cl)cc1Cl. The molecule has 0 heterocycles. The summed E-state index contributed by atoms with van der Waals surface area (Å²) in [6.07, 6.45) is 1.88. The van der Waals surface area contributed by atoms with Gasteiger partial charge in [0.2, 0.25) is 0 Å². The molecule has 0 aromatic heterocycles. The number of benzene rings is 2. The lowest BCUT2D eigenvalue weighted by atomic mass is 10.1. The molecule has 0 saturated heterocycles. The summed E-state index contributed by atoms with van der Waals surface area (Å²) in [6.45, 7) is -0.401. The molecule has 0 bridgehead atoms. The zero-order chi connectivity index (χ0) is 17.7. The van der Waals surface area contributed by atoms with Gasteiger partial charge in [0, 0.05) is 10.5 Å². The molecule has 24 heavy (non-hydrogen) atoms. The molecular weight excluding hydrogens is 371 g/mol. The molecule has 0 N–H and O–H groups in total. The summed E-state index contributed by atoms with van der Waals surface area (Å²) in [4.78, 5) is 25.1. The Morgan fingerprint density at radius 2 is 1.83 bits per heavy atom. The van der Waals surface area contributed by atoms with E-state index in [9.17, 15) is 9.59 Å². The Morgan fingerprint density at radius 1 is 1.08 bits per heavy atom. The van der Waals surface area contributed by atoms with Crippen molar-refractivity contribution < 1.29 is 19.1 Å². The second-order valence-electron chi connectivity index (χ2n) is 4.69. The fourth-order valence-corrected chi connectivity index (χ4v) is 2.81. The Balaban J connectivity index is 2.06. The number of hydrogen-bond acceptors (Lipinski definition) is 5. The lowest BCUT2D eigenvalue weighted by molar-refractivity contribution is 0.0474. The van der Waals surface area contributed by atoms with Crippen molar-refractivity contribution in [1.82, 2.24) is 0 Å². The number of methoxy groups -OCH3 is 1. The molecule has 2 rings (SSSR count). The Bertz CT molecular complexity index is 777. The van der Waals surface area contributed by atoms with Crippen molar-refractivity contribution in [2.45, 2.75) is 4.90 Å². The largest absolute Gasteiger partial charge is 0.495 e. The van der Waals surface area contributed by atoms with Gasteiger partial charge in [0.15, 0.2) is 12.4 Å². The Morgan fingerprint density at radius 3 is 2.46 bits per heavy atom. The van der Waals surface area contributed by atoms with E-state index in [-0.39, 0.29) is 16.4 Å². The predicted molar refractivity (Wildman–Crippen MR) is 95.9 cm³/mol. The van der Waals surface area contributed by atoms with Crippen molar-refractivity contribution in [1.29, 1.82) is 0 Å². The van der Waals surface area contributed by atoms with E-state index < -0.39 is 12.6 Å². The molecule has 2 aromatic rings. The van der Waals surface area contributed by atoms with Crippen molar-refractivity contribution in [3.63, 3.8) is 0 Å². The molecule has 0 atom stereocenters. The lowest BCUT2D eigenvalue weighted by Gasteiger charge is -2.08. The molecular formula is C17H14Cl2O4S. The van der Waals surface area contributed by atoms with Gasteiger partial charge in [0.1, 0.15) is 5.75 Å². The van der Waals surface area contributed by atoms with E-state index >= 15 is 0 Å². The molecule has 7 heteroatoms. The summed E-state index contributed by atoms with van der Waals surface area (Å²) >= 11 is 13.5. The maximum absolute atomic E-state index is 12.1. The first-order chi connectivity index (χ1) is 11.5. The normalized spacial score (nSPS) is 10.3. The zero-order valence-corrected chi connectivity index (χ0v) is 15.3. The fraction of sp³-hybridized carbons (Fsp3) is 0.176. The highest BCUT2D eigenvalue weighted by Gasteiger charge is 2.16. The minimum absolute atomic E-state index is 0.226. The van der Waals surface area contributed by atoms with E-state index in [1.807, 2.05) is 6.26 Å². The Labute approximate surface area is 154 Å². The number of esters is 1. The molecule has 0 spiro atoms. The number of thioether (sulfide) groups is 1. The highest BCUT2D eigenvalue weighted by molar-refractivity contribution is 7.98. The summed E-state index contributed by atoms with van der Waals surface area (Å²) < 4.78 is 10.1. The summed E-state index contributed by atoms with van der Waals surface area (Å²) in [5, 5.41) is 0.586. The van der Waals surface area contributed by atoms with Crippen LogP contribution in [0.2, 0.25) is 10.0 Å². The molecule has 0 aliphatic carbocycles. The molecule has 0 unspecified atom stereocenters. The number of ether oxygens (including phenoxy) is 2. The zero-order valence-electron chi connectivity index (χ0n) is 13.0. The van der Waals surface area contributed by atoms with Crippen LogP contribution in [-0.2, 0) is 4.74 Å². The molecule has 4 nitrogen and oxygen atoms in total. The van der Waals surface area contributed by atoms with Gasteiger partial charge in [-0.25, -0.2) is 4.79 Å². The van der Waals surface area contributed by atoms with Crippen LogP contribution in [0.1, 0.15) is 20.7 Å². The third-order valence-corrected chi connectivity index (χ3v) is 4.55. The first-order valence-electron chi connectivity index (χ1n) is 6.83. The third-order valence-electron chi connectivity index (χ3n) is 3.20. The maximum atomic E-state index is 12.1. The van der Waals surface area contributed by atoms with Gasteiger partial charge in [-0.15, -0.1) is 11.8 Å². The van der Waals surface area contributed by atoms with Gasteiger partial charge in [-0.05, 0) is 42.7 Å². The van der Waals surface area contributed by atoms with Gasteiger partial charge in [-0.2, -0.15) is 0 Å². The minimum atomic E-state index is -0.649. The topological polar surface area (TPSA) is 52.6 Å².